The number of nitrogens with zero attached hydrogens (tertiary/aromatic N) is 4. The maximum absolute atomic E-state index is 12.0. The summed E-state index contributed by atoms with van der Waals surface area (Å²) < 4.78 is 12.9. The molecule has 0 aliphatic carbocycles. The van der Waals surface area contributed by atoms with Gasteiger partial charge in [-0.3, -0.25) is 14.4 Å². The third-order valence-corrected chi connectivity index (χ3v) is 5.19. The van der Waals surface area contributed by atoms with Crippen LogP contribution in [-0.2, 0) is 29.7 Å². The van der Waals surface area contributed by atoms with Gasteiger partial charge in [0.1, 0.15) is 12.4 Å². The van der Waals surface area contributed by atoms with Crippen molar-refractivity contribution in [3.8, 4) is 5.75 Å². The Morgan fingerprint density at radius 3 is 2.90 bits per heavy atom. The van der Waals surface area contributed by atoms with E-state index in [9.17, 15) is 4.79 Å². The first-order valence-electron chi connectivity index (χ1n) is 10.2. The molecule has 2 heterocycles. The van der Waals surface area contributed by atoms with Crippen molar-refractivity contribution < 1.29 is 14.3 Å². The maximum Gasteiger partial charge on any atom is 0.248 e. The lowest BCUT2D eigenvalue weighted by Crippen LogP contribution is -2.43. The van der Waals surface area contributed by atoms with E-state index in [1.165, 1.54) is 11.1 Å². The van der Waals surface area contributed by atoms with Gasteiger partial charge in [0.15, 0.2) is 0 Å². The zero-order valence-corrected chi connectivity index (χ0v) is 17.7. The quantitative estimate of drug-likeness (QED) is 0.647. The van der Waals surface area contributed by atoms with Crippen LogP contribution in [0.3, 0.4) is 0 Å². The Morgan fingerprint density at radius 2 is 2.14 bits per heavy atom. The number of rotatable bonds is 9. The molecule has 7 heteroatoms. The smallest absolute Gasteiger partial charge is 0.248 e. The predicted octanol–water partition coefficient (Wildman–Crippen LogP) is 2.32. The van der Waals surface area contributed by atoms with E-state index in [0.717, 1.165) is 44.8 Å². The molecule has 1 aromatic heterocycles. The number of carbonyl (C=O) groups excluding carboxylic acids is 1. The second-order valence-electron chi connectivity index (χ2n) is 7.93. The number of benzene rings is 1. The molecular formula is C22H32N4O3. The van der Waals surface area contributed by atoms with Crippen molar-refractivity contribution in [3.05, 3.63) is 47.8 Å². The van der Waals surface area contributed by atoms with E-state index in [0.29, 0.717) is 12.5 Å². The molecule has 0 N–H and O–H groups in total. The number of carbonyl (C=O) groups is 1. The summed E-state index contributed by atoms with van der Waals surface area (Å²) in [5.41, 5.74) is 2.42. The molecule has 1 aromatic carbocycles. The van der Waals surface area contributed by atoms with E-state index in [1.54, 1.807) is 7.11 Å². The molecule has 7 nitrogen and oxygen atoms in total. The van der Waals surface area contributed by atoms with E-state index < -0.39 is 0 Å². The average Bonchev–Trinajstić information content (AvgIpc) is 3.11. The number of aryl methyl sites for hydroxylation is 1. The monoisotopic (exact) mass is 400 g/mol. The van der Waals surface area contributed by atoms with Crippen LogP contribution in [-0.4, -0.2) is 65.9 Å². The van der Waals surface area contributed by atoms with Crippen LogP contribution in [0.1, 0.15) is 24.0 Å². The number of methoxy groups -OCH3 is 1. The minimum absolute atomic E-state index is 0.0656. The first-order chi connectivity index (χ1) is 14.0. The largest absolute Gasteiger partial charge is 0.493 e. The third-order valence-electron chi connectivity index (χ3n) is 5.19. The Balaban J connectivity index is 1.48. The summed E-state index contributed by atoms with van der Waals surface area (Å²) in [5, 5.41) is 4.22. The Bertz CT molecular complexity index is 792. The van der Waals surface area contributed by atoms with E-state index in [2.05, 4.69) is 29.2 Å². The van der Waals surface area contributed by atoms with Crippen LogP contribution < -0.4 is 4.74 Å². The number of likely N-dealkylation sites (tertiary alicyclic amines) is 1. The topological polar surface area (TPSA) is 59.8 Å². The molecule has 1 aliphatic rings. The summed E-state index contributed by atoms with van der Waals surface area (Å²) in [6.07, 6.45) is 6.05. The standard InChI is InChI=1S/C22H32N4O3/c1-24(13-20-11-23-25(2)14-20)12-18-6-4-8-21(10-18)29-16-19-7-5-9-26(15-19)22(27)17-28-3/h4,6,8,10-11,14,19H,5,7,9,12-13,15-17H2,1-3H3/t19-/m0/s1. The SMILES string of the molecule is COCC(=O)N1CCC[C@H](COc2cccc(CN(C)Cc3cnn(C)c3)c2)C1. The fourth-order valence-electron chi connectivity index (χ4n) is 3.82. The molecule has 29 heavy (non-hydrogen) atoms. The summed E-state index contributed by atoms with van der Waals surface area (Å²) >= 11 is 0. The Labute approximate surface area is 173 Å². The van der Waals surface area contributed by atoms with Crippen LogP contribution in [0.25, 0.3) is 0 Å². The minimum atomic E-state index is 0.0656. The van der Waals surface area contributed by atoms with Crippen molar-refractivity contribution >= 4 is 5.91 Å². The van der Waals surface area contributed by atoms with Crippen LogP contribution in [0.4, 0.5) is 0 Å². The highest BCUT2D eigenvalue weighted by Gasteiger charge is 2.23. The lowest BCUT2D eigenvalue weighted by Gasteiger charge is -2.32. The molecule has 1 fully saturated rings. The lowest BCUT2D eigenvalue weighted by atomic mass is 9.99. The molecule has 0 saturated carbocycles. The van der Waals surface area contributed by atoms with Gasteiger partial charge in [0.25, 0.3) is 0 Å². The molecule has 3 rings (SSSR count). The summed E-state index contributed by atoms with van der Waals surface area (Å²) in [6, 6.07) is 8.27. The molecule has 1 saturated heterocycles. The lowest BCUT2D eigenvalue weighted by molar-refractivity contribution is -0.137. The maximum atomic E-state index is 12.0. The van der Waals surface area contributed by atoms with Gasteiger partial charge in [-0.2, -0.15) is 5.10 Å². The van der Waals surface area contributed by atoms with Gasteiger partial charge in [-0.15, -0.1) is 0 Å². The number of hydrogen-bond acceptors (Lipinski definition) is 5. The third kappa shape index (κ3) is 6.58. The molecule has 158 valence electrons. The van der Waals surface area contributed by atoms with Crippen molar-refractivity contribution in [2.24, 2.45) is 13.0 Å². The Hall–Kier alpha value is -2.38. The van der Waals surface area contributed by atoms with E-state index in [1.807, 2.05) is 41.2 Å². The Kier molecular flexibility index (Phi) is 7.66. The van der Waals surface area contributed by atoms with Crippen molar-refractivity contribution in [2.45, 2.75) is 25.9 Å². The molecule has 0 unspecified atom stereocenters. The molecule has 1 atom stereocenters. The van der Waals surface area contributed by atoms with Gasteiger partial charge in [0.2, 0.25) is 5.91 Å². The highest BCUT2D eigenvalue weighted by atomic mass is 16.5. The summed E-state index contributed by atoms with van der Waals surface area (Å²) in [4.78, 5) is 16.2. The average molecular weight is 401 g/mol. The van der Waals surface area contributed by atoms with E-state index >= 15 is 0 Å². The van der Waals surface area contributed by atoms with Crippen molar-refractivity contribution in [1.82, 2.24) is 19.6 Å². The number of piperidine rings is 1. The molecule has 2 aromatic rings. The zero-order valence-electron chi connectivity index (χ0n) is 17.7. The van der Waals surface area contributed by atoms with E-state index in [4.69, 9.17) is 9.47 Å². The summed E-state index contributed by atoms with van der Waals surface area (Å²) in [6.45, 7) is 4.04. The van der Waals surface area contributed by atoms with Gasteiger partial charge >= 0.3 is 0 Å². The second kappa shape index (κ2) is 10.4. The van der Waals surface area contributed by atoms with Crippen molar-refractivity contribution in [3.63, 3.8) is 0 Å². The summed E-state index contributed by atoms with van der Waals surface area (Å²) in [5.74, 6) is 1.31. The normalized spacial score (nSPS) is 17.0. The molecule has 0 bridgehead atoms. The summed E-state index contributed by atoms with van der Waals surface area (Å²) in [7, 11) is 5.60. The van der Waals surface area contributed by atoms with Gasteiger partial charge in [-0.05, 0) is 37.6 Å². The van der Waals surface area contributed by atoms with E-state index in [-0.39, 0.29) is 12.5 Å². The first kappa shape index (κ1) is 21.3. The Morgan fingerprint density at radius 1 is 1.31 bits per heavy atom. The fraction of sp³-hybridized carbons (Fsp3) is 0.545. The molecule has 0 radical (unpaired) electrons. The highest BCUT2D eigenvalue weighted by Crippen LogP contribution is 2.20. The fourth-order valence-corrected chi connectivity index (χ4v) is 3.82. The predicted molar refractivity (Wildman–Crippen MR) is 111 cm³/mol. The zero-order chi connectivity index (χ0) is 20.6. The van der Waals surface area contributed by atoms with Crippen LogP contribution >= 0.6 is 0 Å². The van der Waals surface area contributed by atoms with Gasteiger partial charge in [-0.25, -0.2) is 0 Å². The number of hydrogen-bond donors (Lipinski definition) is 0. The van der Waals surface area contributed by atoms with Gasteiger partial charge in [0.05, 0.1) is 12.8 Å². The molecule has 1 amide bonds. The van der Waals surface area contributed by atoms with Gasteiger partial charge < -0.3 is 14.4 Å². The van der Waals surface area contributed by atoms with Crippen LogP contribution in [0.2, 0.25) is 0 Å². The van der Waals surface area contributed by atoms with Crippen LogP contribution in [0.5, 0.6) is 5.75 Å². The first-order valence-corrected chi connectivity index (χ1v) is 10.2. The highest BCUT2D eigenvalue weighted by molar-refractivity contribution is 5.77. The molecular weight excluding hydrogens is 368 g/mol. The van der Waals surface area contributed by atoms with Crippen molar-refractivity contribution in [1.29, 1.82) is 0 Å². The van der Waals surface area contributed by atoms with Gasteiger partial charge in [-0.1, -0.05) is 12.1 Å². The molecule has 0 spiro atoms. The van der Waals surface area contributed by atoms with Crippen molar-refractivity contribution in [2.75, 3.05) is 40.5 Å². The minimum Gasteiger partial charge on any atom is -0.493 e. The number of amides is 1. The molecule has 1 aliphatic heterocycles. The van der Waals surface area contributed by atoms with Crippen LogP contribution in [0.15, 0.2) is 36.7 Å². The second-order valence-corrected chi connectivity index (χ2v) is 7.93. The number of ether oxygens (including phenoxy) is 2. The van der Waals surface area contributed by atoms with Crippen LogP contribution in [0, 0.1) is 5.92 Å². The van der Waals surface area contributed by atoms with Gasteiger partial charge in [0, 0.05) is 58.0 Å². The number of aromatic nitrogens is 2.